The summed E-state index contributed by atoms with van der Waals surface area (Å²) < 4.78 is 42.0. The normalized spacial score (nSPS) is 25.7. The van der Waals surface area contributed by atoms with Crippen LogP contribution in [0.15, 0.2) is 30.5 Å². The molecule has 1 fully saturated rings. The molecule has 0 radical (unpaired) electrons. The van der Waals surface area contributed by atoms with Crippen LogP contribution in [0.4, 0.5) is 23.7 Å². The molecule has 36 heavy (non-hydrogen) atoms. The average molecular weight is 513 g/mol. The summed E-state index contributed by atoms with van der Waals surface area (Å²) in [6.45, 7) is -1.04. The number of aliphatic hydroxyl groups is 2. The number of nitrogens with one attached hydrogen (secondary N) is 2. The Labute approximate surface area is 202 Å². The Morgan fingerprint density at radius 1 is 1.44 bits per heavy atom. The van der Waals surface area contributed by atoms with Crippen LogP contribution in [0.5, 0.6) is 0 Å². The number of alkyl halides is 3. The van der Waals surface area contributed by atoms with Crippen molar-refractivity contribution in [2.24, 2.45) is 5.73 Å². The fourth-order valence-corrected chi connectivity index (χ4v) is 3.61. The highest BCUT2D eigenvalue weighted by atomic mass is 19.4. The van der Waals surface area contributed by atoms with Crippen LogP contribution in [-0.2, 0) is 16.0 Å². The fourth-order valence-electron chi connectivity index (χ4n) is 3.61. The van der Waals surface area contributed by atoms with Crippen LogP contribution in [0.2, 0.25) is 0 Å². The Morgan fingerprint density at radius 2 is 2.17 bits per heavy atom. The molecule has 194 valence electrons. The van der Waals surface area contributed by atoms with Gasteiger partial charge in [0, 0.05) is 36.2 Å². The lowest BCUT2D eigenvalue weighted by atomic mass is 9.96. The maximum Gasteiger partial charge on any atom is 0.471 e. The van der Waals surface area contributed by atoms with Gasteiger partial charge in [0.15, 0.2) is 0 Å². The van der Waals surface area contributed by atoms with E-state index in [4.69, 9.17) is 10.5 Å². The number of benzene rings is 1. The summed E-state index contributed by atoms with van der Waals surface area (Å²) in [6, 6.07) is 3.15. The van der Waals surface area contributed by atoms with Crippen LogP contribution >= 0.6 is 0 Å². The highest BCUT2D eigenvalue weighted by Crippen LogP contribution is 2.28. The van der Waals surface area contributed by atoms with E-state index in [1.807, 2.05) is 0 Å². The highest BCUT2D eigenvalue weighted by Gasteiger charge is 2.42. The average Bonchev–Trinajstić information content (AvgIpc) is 3.16. The first-order valence-corrected chi connectivity index (χ1v) is 10.5. The highest BCUT2D eigenvalue weighted by molar-refractivity contribution is 5.81. The van der Waals surface area contributed by atoms with E-state index >= 15 is 0 Å². The van der Waals surface area contributed by atoms with E-state index in [1.165, 1.54) is 24.4 Å². The van der Waals surface area contributed by atoms with Gasteiger partial charge in [-0.2, -0.15) is 13.2 Å². The summed E-state index contributed by atoms with van der Waals surface area (Å²) in [6.07, 6.45) is -5.09. The van der Waals surface area contributed by atoms with E-state index in [9.17, 15) is 43.1 Å². The van der Waals surface area contributed by atoms with Gasteiger partial charge < -0.3 is 31.3 Å². The van der Waals surface area contributed by atoms with Crippen LogP contribution in [0.3, 0.4) is 0 Å². The molecule has 1 aromatic rings. The third-order valence-corrected chi connectivity index (χ3v) is 5.39. The number of hydrogen-bond donors (Lipinski definition) is 5. The van der Waals surface area contributed by atoms with Gasteiger partial charge in [0.2, 0.25) is 0 Å². The Hall–Kier alpha value is -3.71. The minimum atomic E-state index is -5.05. The molecular weight excluding hydrogens is 491 g/mol. The van der Waals surface area contributed by atoms with Gasteiger partial charge in [0.05, 0.1) is 24.2 Å². The smallest absolute Gasteiger partial charge is 0.394 e. The zero-order chi connectivity index (χ0) is 26.7. The summed E-state index contributed by atoms with van der Waals surface area (Å²) in [5.41, 5.74) is 4.59. The lowest BCUT2D eigenvalue weighted by Gasteiger charge is -2.37. The van der Waals surface area contributed by atoms with Gasteiger partial charge in [-0.05, 0) is 12.1 Å². The second kappa shape index (κ2) is 10.5. The summed E-state index contributed by atoms with van der Waals surface area (Å²) in [5.74, 6) is 2.56. The number of nitro benzene ring substituents is 1. The van der Waals surface area contributed by atoms with Crippen LogP contribution < -0.4 is 16.4 Å². The number of amides is 3. The molecule has 0 saturated carbocycles. The largest absolute Gasteiger partial charge is 0.471 e. The van der Waals surface area contributed by atoms with Crippen LogP contribution in [0.25, 0.3) is 0 Å². The van der Waals surface area contributed by atoms with Gasteiger partial charge in [-0.15, -0.1) is 0 Å². The molecule has 12 nitrogen and oxygen atoms in total. The molecule has 2 heterocycles. The molecule has 15 heteroatoms. The zero-order valence-corrected chi connectivity index (χ0v) is 18.5. The number of carbonyl (C=O) groups excluding carboxylic acids is 2. The van der Waals surface area contributed by atoms with E-state index in [0.29, 0.717) is 0 Å². The Morgan fingerprint density at radius 3 is 2.75 bits per heavy atom. The summed E-state index contributed by atoms with van der Waals surface area (Å²) >= 11 is 0. The van der Waals surface area contributed by atoms with E-state index in [2.05, 4.69) is 17.2 Å². The first-order chi connectivity index (χ1) is 16.8. The molecule has 6 N–H and O–H groups in total. The van der Waals surface area contributed by atoms with Crippen molar-refractivity contribution in [3.05, 3.63) is 51.7 Å². The predicted octanol–water partition coefficient (Wildman–Crippen LogP) is -0.171. The van der Waals surface area contributed by atoms with Gasteiger partial charge in [-0.3, -0.25) is 19.8 Å². The second-order valence-corrected chi connectivity index (χ2v) is 8.07. The minimum Gasteiger partial charge on any atom is -0.394 e. The van der Waals surface area contributed by atoms with Crippen molar-refractivity contribution in [1.29, 1.82) is 0 Å². The first kappa shape index (κ1) is 26.9. The molecule has 2 aliphatic rings. The maximum atomic E-state index is 12.6. The Kier molecular flexibility index (Phi) is 7.84. The summed E-state index contributed by atoms with van der Waals surface area (Å²) in [5, 5.41) is 34.8. The molecule has 0 spiro atoms. The third-order valence-electron chi connectivity index (χ3n) is 5.39. The van der Waals surface area contributed by atoms with Crippen molar-refractivity contribution in [3.8, 4) is 11.8 Å². The third kappa shape index (κ3) is 6.29. The number of halogens is 3. The fraction of sp³-hybridized carbons (Fsp3) is 0.429. The number of nitro groups is 1. The molecule has 0 bridgehead atoms. The van der Waals surface area contributed by atoms with Gasteiger partial charge >= 0.3 is 18.1 Å². The van der Waals surface area contributed by atoms with E-state index in [1.54, 1.807) is 5.32 Å². The number of ether oxygens (including phenoxy) is 1. The van der Waals surface area contributed by atoms with Crippen molar-refractivity contribution in [2.75, 3.05) is 13.2 Å². The van der Waals surface area contributed by atoms with Crippen LogP contribution in [0, 0.1) is 22.0 Å². The Bertz CT molecular complexity index is 1130. The van der Waals surface area contributed by atoms with Gasteiger partial charge in [-0.1, -0.05) is 17.9 Å². The number of nitrogens with two attached hydrogens (primary N) is 1. The lowest BCUT2D eigenvalue weighted by molar-refractivity contribution is -0.385. The van der Waals surface area contributed by atoms with E-state index in [0.717, 1.165) is 11.0 Å². The summed E-state index contributed by atoms with van der Waals surface area (Å²) in [4.78, 5) is 35.4. The number of nitrogens with zero attached hydrogens (tertiary/aromatic N) is 2. The predicted molar refractivity (Wildman–Crippen MR) is 116 cm³/mol. The van der Waals surface area contributed by atoms with Gasteiger partial charge in [0.1, 0.15) is 18.0 Å². The minimum absolute atomic E-state index is 0.0639. The maximum absolute atomic E-state index is 12.6. The quantitative estimate of drug-likeness (QED) is 0.198. The molecular formula is C21H22F3N5O7. The lowest BCUT2D eigenvalue weighted by Crippen LogP contribution is -2.62. The van der Waals surface area contributed by atoms with E-state index < -0.39 is 60.3 Å². The molecule has 1 aromatic carbocycles. The standard InChI is InChI=1S/C21H22F3N5O7/c22-21(23,24)18(32)26-6-1-2-12-3-4-13(14(8-12)29(34)35)10-20(25)5-7-28(19(33)27-20)17-9-15(31)16(11-30)36-17/h3-5,7-8,15-17,30-31H,6,9-11,25H2,(H,26,32)(H,27,33)/t15-,16+,17+,20?/m0/s1. The molecule has 1 unspecified atom stereocenters. The molecule has 2 aliphatic heterocycles. The number of urea groups is 1. The molecule has 3 rings (SSSR count). The zero-order valence-electron chi connectivity index (χ0n) is 18.5. The number of aliphatic hydroxyl groups excluding tert-OH is 2. The van der Waals surface area contributed by atoms with Crippen molar-refractivity contribution in [1.82, 2.24) is 15.5 Å². The molecule has 0 aromatic heterocycles. The topological polar surface area (TPSA) is 180 Å². The SMILES string of the molecule is NC1(Cc2ccc(C#CCNC(=O)C(F)(F)F)cc2[N+](=O)[O-])C=CN([C@H]2C[C@H](O)[C@@H](CO)O2)C(=O)N1. The number of carbonyl (C=O) groups is 2. The van der Waals surface area contributed by atoms with Crippen molar-refractivity contribution < 1.29 is 42.6 Å². The molecule has 0 aliphatic carbocycles. The van der Waals surface area contributed by atoms with Crippen molar-refractivity contribution in [2.45, 2.75) is 43.1 Å². The van der Waals surface area contributed by atoms with Crippen LogP contribution in [-0.4, -0.2) is 75.4 Å². The summed E-state index contributed by atoms with van der Waals surface area (Å²) in [7, 11) is 0. The van der Waals surface area contributed by atoms with Crippen molar-refractivity contribution in [3.63, 3.8) is 0 Å². The Balaban J connectivity index is 1.71. The molecule has 3 amide bonds. The van der Waals surface area contributed by atoms with Crippen molar-refractivity contribution >= 4 is 17.6 Å². The van der Waals surface area contributed by atoms with Crippen LogP contribution in [0.1, 0.15) is 17.5 Å². The number of hydrogen-bond acceptors (Lipinski definition) is 8. The van der Waals surface area contributed by atoms with E-state index in [-0.39, 0.29) is 29.7 Å². The van der Waals surface area contributed by atoms with Gasteiger partial charge in [-0.25, -0.2) is 4.79 Å². The van der Waals surface area contributed by atoms with Gasteiger partial charge in [0.25, 0.3) is 5.69 Å². The molecule has 1 saturated heterocycles. The number of rotatable bonds is 6. The second-order valence-electron chi connectivity index (χ2n) is 8.07. The first-order valence-electron chi connectivity index (χ1n) is 10.5. The monoisotopic (exact) mass is 513 g/mol. The molecule has 4 atom stereocenters.